The van der Waals surface area contributed by atoms with Gasteiger partial charge >= 0.3 is 0 Å². The minimum atomic E-state index is 0.714. The third-order valence-corrected chi connectivity index (χ3v) is 2.26. The van der Waals surface area contributed by atoms with Crippen LogP contribution in [0.1, 0.15) is 5.56 Å². The van der Waals surface area contributed by atoms with Crippen molar-refractivity contribution in [3.8, 4) is 0 Å². The number of hydrogen-bond acceptors (Lipinski definition) is 2. The van der Waals surface area contributed by atoms with E-state index in [9.17, 15) is 0 Å². The molecule has 2 nitrogen and oxygen atoms in total. The number of nitrogens with zero attached hydrogens (tertiary/aromatic N) is 1. The predicted octanol–water partition coefficient (Wildman–Crippen LogP) is 3.02. The zero-order chi connectivity index (χ0) is 10.7. The standard InChI is InChI=1S/C13H12N2/c1-2-3-5-10-7-8-11-6-4-9-15-13(11)12(10)14/h2-9H,1,14H2/b5-3-. The molecule has 0 aliphatic rings. The molecule has 0 radical (unpaired) electrons. The summed E-state index contributed by atoms with van der Waals surface area (Å²) in [5, 5.41) is 1.06. The van der Waals surface area contributed by atoms with Gasteiger partial charge in [-0.1, -0.05) is 43.0 Å². The highest BCUT2D eigenvalue weighted by Gasteiger charge is 2.01. The Kier molecular flexibility index (Phi) is 2.50. The molecule has 0 atom stereocenters. The summed E-state index contributed by atoms with van der Waals surface area (Å²) in [5.74, 6) is 0. The van der Waals surface area contributed by atoms with Crippen molar-refractivity contribution in [2.45, 2.75) is 0 Å². The molecule has 1 aromatic heterocycles. The van der Waals surface area contributed by atoms with E-state index in [0.717, 1.165) is 16.5 Å². The first-order chi connectivity index (χ1) is 7.33. The number of nitrogen functional groups attached to an aromatic ring is 1. The number of benzene rings is 1. The Labute approximate surface area is 88.8 Å². The minimum Gasteiger partial charge on any atom is -0.396 e. The molecule has 2 heteroatoms. The number of pyridine rings is 1. The molecule has 0 saturated heterocycles. The average molecular weight is 196 g/mol. The van der Waals surface area contributed by atoms with Crippen molar-refractivity contribution >= 4 is 22.7 Å². The lowest BCUT2D eigenvalue weighted by Gasteiger charge is -2.04. The number of anilines is 1. The fourth-order valence-electron chi connectivity index (χ4n) is 1.50. The fourth-order valence-corrected chi connectivity index (χ4v) is 1.50. The van der Waals surface area contributed by atoms with Crippen molar-refractivity contribution < 1.29 is 0 Å². The van der Waals surface area contributed by atoms with Crippen LogP contribution in [0, 0.1) is 0 Å². The van der Waals surface area contributed by atoms with Crippen LogP contribution in [0.25, 0.3) is 17.0 Å². The highest BCUT2D eigenvalue weighted by Crippen LogP contribution is 2.23. The van der Waals surface area contributed by atoms with Crippen LogP contribution in [-0.2, 0) is 0 Å². The topological polar surface area (TPSA) is 38.9 Å². The molecule has 0 aliphatic carbocycles. The van der Waals surface area contributed by atoms with Gasteiger partial charge in [0.2, 0.25) is 0 Å². The minimum absolute atomic E-state index is 0.714. The zero-order valence-corrected chi connectivity index (χ0v) is 8.35. The maximum absolute atomic E-state index is 6.01. The summed E-state index contributed by atoms with van der Waals surface area (Å²) in [7, 11) is 0. The van der Waals surface area contributed by atoms with Crippen LogP contribution in [0.3, 0.4) is 0 Å². The van der Waals surface area contributed by atoms with Crippen LogP contribution in [0.2, 0.25) is 0 Å². The molecule has 1 heterocycles. The van der Waals surface area contributed by atoms with Gasteiger partial charge in [-0.2, -0.15) is 0 Å². The molecule has 0 fully saturated rings. The van der Waals surface area contributed by atoms with Gasteiger partial charge in [0.15, 0.2) is 0 Å². The fraction of sp³-hybridized carbons (Fsp3) is 0. The third kappa shape index (κ3) is 1.74. The largest absolute Gasteiger partial charge is 0.396 e. The van der Waals surface area contributed by atoms with Gasteiger partial charge < -0.3 is 5.73 Å². The van der Waals surface area contributed by atoms with E-state index in [2.05, 4.69) is 11.6 Å². The number of nitrogens with two attached hydrogens (primary N) is 1. The smallest absolute Gasteiger partial charge is 0.0937 e. The van der Waals surface area contributed by atoms with Gasteiger partial charge in [0, 0.05) is 11.6 Å². The van der Waals surface area contributed by atoms with Crippen molar-refractivity contribution in [3.05, 3.63) is 54.8 Å². The Balaban J connectivity index is 2.64. The van der Waals surface area contributed by atoms with Crippen molar-refractivity contribution in [2.24, 2.45) is 0 Å². The molecular formula is C13H12N2. The van der Waals surface area contributed by atoms with Crippen molar-refractivity contribution in [1.82, 2.24) is 4.98 Å². The number of aromatic nitrogens is 1. The summed E-state index contributed by atoms with van der Waals surface area (Å²) in [5.41, 5.74) is 8.55. The number of hydrogen-bond donors (Lipinski definition) is 1. The first kappa shape index (κ1) is 9.46. The van der Waals surface area contributed by atoms with Gasteiger partial charge in [-0.3, -0.25) is 4.98 Å². The van der Waals surface area contributed by atoms with Crippen molar-refractivity contribution in [2.75, 3.05) is 5.73 Å². The van der Waals surface area contributed by atoms with E-state index < -0.39 is 0 Å². The second-order valence-corrected chi connectivity index (χ2v) is 3.24. The van der Waals surface area contributed by atoms with E-state index in [1.165, 1.54) is 0 Å². The molecule has 2 rings (SSSR count). The van der Waals surface area contributed by atoms with Gasteiger partial charge in [-0.15, -0.1) is 0 Å². The summed E-state index contributed by atoms with van der Waals surface area (Å²) in [4.78, 5) is 4.26. The Morgan fingerprint density at radius 2 is 2.13 bits per heavy atom. The SMILES string of the molecule is C=C/C=C\c1ccc2cccnc2c1N. The molecule has 2 N–H and O–H groups in total. The maximum Gasteiger partial charge on any atom is 0.0937 e. The average Bonchev–Trinajstić information content (AvgIpc) is 2.29. The number of rotatable bonds is 2. The third-order valence-electron chi connectivity index (χ3n) is 2.26. The van der Waals surface area contributed by atoms with Crippen LogP contribution in [0.4, 0.5) is 5.69 Å². The lowest BCUT2D eigenvalue weighted by Crippen LogP contribution is -1.92. The summed E-state index contributed by atoms with van der Waals surface area (Å²) in [6, 6.07) is 7.90. The highest BCUT2D eigenvalue weighted by atomic mass is 14.7. The molecule has 15 heavy (non-hydrogen) atoms. The Morgan fingerprint density at radius 1 is 1.27 bits per heavy atom. The molecule has 1 aromatic carbocycles. The van der Waals surface area contributed by atoms with E-state index in [0.29, 0.717) is 5.69 Å². The molecular weight excluding hydrogens is 184 g/mol. The van der Waals surface area contributed by atoms with E-state index in [4.69, 9.17) is 5.73 Å². The van der Waals surface area contributed by atoms with E-state index in [1.807, 2.05) is 36.4 Å². The van der Waals surface area contributed by atoms with Crippen LogP contribution >= 0.6 is 0 Å². The van der Waals surface area contributed by atoms with Gasteiger partial charge in [-0.05, 0) is 11.6 Å². The van der Waals surface area contributed by atoms with Crippen LogP contribution in [-0.4, -0.2) is 4.98 Å². The predicted molar refractivity (Wildman–Crippen MR) is 65.4 cm³/mol. The molecule has 74 valence electrons. The van der Waals surface area contributed by atoms with Gasteiger partial charge in [-0.25, -0.2) is 0 Å². The summed E-state index contributed by atoms with van der Waals surface area (Å²) < 4.78 is 0. The van der Waals surface area contributed by atoms with Crippen LogP contribution in [0.5, 0.6) is 0 Å². The van der Waals surface area contributed by atoms with Crippen molar-refractivity contribution in [3.63, 3.8) is 0 Å². The summed E-state index contributed by atoms with van der Waals surface area (Å²) in [6.45, 7) is 3.62. The number of fused-ring (bicyclic) bond motifs is 1. The van der Waals surface area contributed by atoms with Gasteiger partial charge in [0.1, 0.15) is 0 Å². The molecule has 0 bridgehead atoms. The quantitative estimate of drug-likeness (QED) is 0.592. The molecule has 0 spiro atoms. The Morgan fingerprint density at radius 3 is 2.93 bits per heavy atom. The first-order valence-corrected chi connectivity index (χ1v) is 4.75. The van der Waals surface area contributed by atoms with Gasteiger partial charge in [0.05, 0.1) is 11.2 Å². The monoisotopic (exact) mass is 196 g/mol. The maximum atomic E-state index is 6.01. The second-order valence-electron chi connectivity index (χ2n) is 3.24. The van der Waals surface area contributed by atoms with Crippen molar-refractivity contribution in [1.29, 1.82) is 0 Å². The molecule has 2 aromatic rings. The molecule has 0 saturated carbocycles. The summed E-state index contributed by atoms with van der Waals surface area (Å²) in [6.07, 6.45) is 7.26. The van der Waals surface area contributed by atoms with E-state index in [-0.39, 0.29) is 0 Å². The van der Waals surface area contributed by atoms with Gasteiger partial charge in [0.25, 0.3) is 0 Å². The molecule has 0 amide bonds. The molecule has 0 aliphatic heterocycles. The van der Waals surface area contributed by atoms with E-state index in [1.54, 1.807) is 12.3 Å². The second kappa shape index (κ2) is 3.96. The van der Waals surface area contributed by atoms with Crippen LogP contribution < -0.4 is 5.73 Å². The lowest BCUT2D eigenvalue weighted by atomic mass is 10.1. The number of allylic oxidation sites excluding steroid dienone is 2. The molecule has 0 unspecified atom stereocenters. The zero-order valence-electron chi connectivity index (χ0n) is 8.35. The lowest BCUT2D eigenvalue weighted by molar-refractivity contribution is 1.41. The highest BCUT2D eigenvalue weighted by molar-refractivity contribution is 5.93. The summed E-state index contributed by atoms with van der Waals surface area (Å²) >= 11 is 0. The van der Waals surface area contributed by atoms with E-state index >= 15 is 0 Å². The Hall–Kier alpha value is -2.09. The van der Waals surface area contributed by atoms with Crippen LogP contribution in [0.15, 0.2) is 49.2 Å². The first-order valence-electron chi connectivity index (χ1n) is 4.75. The Bertz CT molecular complexity index is 527. The normalized spacial score (nSPS) is 10.9.